The summed E-state index contributed by atoms with van der Waals surface area (Å²) in [5.74, 6) is -1.09. The van der Waals surface area contributed by atoms with Crippen LogP contribution in [0.1, 0.15) is 60.1 Å². The summed E-state index contributed by atoms with van der Waals surface area (Å²) in [7, 11) is 0. The van der Waals surface area contributed by atoms with Crippen molar-refractivity contribution in [3.05, 3.63) is 127 Å². The lowest BCUT2D eigenvalue weighted by atomic mass is 9.99. The van der Waals surface area contributed by atoms with Gasteiger partial charge in [0.05, 0.1) is 0 Å². The third-order valence-electron chi connectivity index (χ3n) is 9.01. The van der Waals surface area contributed by atoms with E-state index in [1.54, 1.807) is 47.8 Å². The number of hydrogen-bond acceptors (Lipinski definition) is 6. The minimum atomic E-state index is -1.08. The minimum absolute atomic E-state index is 0.0351. The molecule has 49 heavy (non-hydrogen) atoms. The van der Waals surface area contributed by atoms with Crippen molar-refractivity contribution >= 4 is 41.1 Å². The first kappa shape index (κ1) is 34.7. The number of hydrogen-bond donors (Lipinski definition) is 1. The van der Waals surface area contributed by atoms with Gasteiger partial charge in [-0.2, -0.15) is 0 Å². The fourth-order valence-corrected chi connectivity index (χ4v) is 6.39. The molecule has 0 spiro atoms. The summed E-state index contributed by atoms with van der Waals surface area (Å²) in [5, 5.41) is 3.19. The Morgan fingerprint density at radius 2 is 1.67 bits per heavy atom. The second kappa shape index (κ2) is 16.5. The molecule has 10 nitrogen and oxygen atoms in total. The van der Waals surface area contributed by atoms with E-state index in [4.69, 9.17) is 0 Å². The van der Waals surface area contributed by atoms with Gasteiger partial charge in [-0.25, -0.2) is 0 Å². The standard InChI is InChI=1S/C39H42N6O4/c1-4-35(46)44-24-10-14-34(44)39(49)45(33-17-15-29(16-18-33)28(3)19-23-40-5-2)36(31-13-9-22-41-27-31)37(47)42-32-20-25-43(26-21-32)38(48)30-11-7-6-8-12-30/h4-9,11-13,15-19,22-23,27,32,34,36H,1-2,10,14,20-21,24-26H2,3H3,(H,42,47)/b28-19+,40-23?. The zero-order chi connectivity index (χ0) is 34.8. The van der Waals surface area contributed by atoms with E-state index >= 15 is 0 Å². The van der Waals surface area contributed by atoms with Crippen LogP contribution in [0.15, 0.2) is 116 Å². The molecular weight excluding hydrogens is 616 g/mol. The molecule has 1 aromatic heterocycles. The highest BCUT2D eigenvalue weighted by atomic mass is 16.2. The van der Waals surface area contributed by atoms with Crippen molar-refractivity contribution in [1.29, 1.82) is 0 Å². The van der Waals surface area contributed by atoms with Gasteiger partial charge in [0.15, 0.2) is 0 Å². The van der Waals surface area contributed by atoms with Crippen LogP contribution in [0.25, 0.3) is 5.57 Å². The molecule has 2 saturated heterocycles. The molecule has 2 aromatic carbocycles. The zero-order valence-corrected chi connectivity index (χ0v) is 27.8. The third-order valence-corrected chi connectivity index (χ3v) is 9.01. The van der Waals surface area contributed by atoms with Gasteiger partial charge in [0.1, 0.15) is 12.1 Å². The van der Waals surface area contributed by atoms with Crippen LogP contribution in [0.5, 0.6) is 0 Å². The van der Waals surface area contributed by atoms with E-state index in [0.29, 0.717) is 62.1 Å². The third kappa shape index (κ3) is 8.27. The number of carbonyl (C=O) groups is 4. The lowest BCUT2D eigenvalue weighted by molar-refractivity contribution is -0.135. The Hall–Kier alpha value is -5.64. The van der Waals surface area contributed by atoms with Crippen LogP contribution in [0.4, 0.5) is 5.69 Å². The Morgan fingerprint density at radius 1 is 0.939 bits per heavy atom. The first-order valence-corrected chi connectivity index (χ1v) is 16.5. The highest BCUT2D eigenvalue weighted by Gasteiger charge is 2.42. The summed E-state index contributed by atoms with van der Waals surface area (Å²) in [5.41, 5.74) is 3.53. The number of pyridine rings is 1. The van der Waals surface area contributed by atoms with Crippen molar-refractivity contribution < 1.29 is 19.2 Å². The van der Waals surface area contributed by atoms with Gasteiger partial charge in [0.25, 0.3) is 11.8 Å². The number of nitrogens with one attached hydrogen (secondary N) is 1. The zero-order valence-electron chi connectivity index (χ0n) is 27.8. The van der Waals surface area contributed by atoms with Gasteiger partial charge in [0, 0.05) is 67.3 Å². The lowest BCUT2D eigenvalue weighted by Gasteiger charge is -2.37. The molecule has 252 valence electrons. The molecule has 1 N–H and O–H groups in total. The number of aliphatic imine (C=N–C) groups is 1. The molecule has 2 atom stereocenters. The van der Waals surface area contributed by atoms with Crippen LogP contribution in [0.2, 0.25) is 0 Å². The van der Waals surface area contributed by atoms with Crippen LogP contribution in [-0.4, -0.2) is 76.3 Å². The van der Waals surface area contributed by atoms with Crippen molar-refractivity contribution in [2.75, 3.05) is 24.5 Å². The van der Waals surface area contributed by atoms with Gasteiger partial charge in [-0.1, -0.05) is 49.6 Å². The molecule has 0 aliphatic carbocycles. The van der Waals surface area contributed by atoms with Crippen molar-refractivity contribution in [2.45, 2.75) is 50.7 Å². The number of piperidine rings is 1. The number of likely N-dealkylation sites (tertiary alicyclic amines) is 2. The van der Waals surface area contributed by atoms with Crippen LogP contribution >= 0.6 is 0 Å². The summed E-state index contributed by atoms with van der Waals surface area (Å²) >= 11 is 0. The van der Waals surface area contributed by atoms with Gasteiger partial charge in [-0.15, -0.1) is 0 Å². The molecule has 2 fully saturated rings. The molecule has 0 bridgehead atoms. The van der Waals surface area contributed by atoms with E-state index in [1.807, 2.05) is 55.5 Å². The number of carbonyl (C=O) groups excluding carboxylic acids is 4. The van der Waals surface area contributed by atoms with Crippen LogP contribution in [0.3, 0.4) is 0 Å². The normalized spacial score (nSPS) is 17.4. The molecule has 4 amide bonds. The van der Waals surface area contributed by atoms with Crippen molar-refractivity contribution in [1.82, 2.24) is 20.1 Å². The average molecular weight is 659 g/mol. The first-order valence-electron chi connectivity index (χ1n) is 16.5. The smallest absolute Gasteiger partial charge is 0.253 e. The minimum Gasteiger partial charge on any atom is -0.351 e. The van der Waals surface area contributed by atoms with Gasteiger partial charge >= 0.3 is 0 Å². The average Bonchev–Trinajstić information content (AvgIpc) is 3.64. The van der Waals surface area contributed by atoms with E-state index in [1.165, 1.54) is 22.1 Å². The Morgan fingerprint density at radius 3 is 2.33 bits per heavy atom. The highest BCUT2D eigenvalue weighted by Crippen LogP contribution is 2.33. The topological polar surface area (TPSA) is 115 Å². The van der Waals surface area contributed by atoms with Gasteiger partial charge in [0.2, 0.25) is 11.8 Å². The van der Waals surface area contributed by atoms with Gasteiger partial charge in [-0.05, 0) is 86.2 Å². The van der Waals surface area contributed by atoms with Gasteiger partial charge in [-0.3, -0.25) is 34.1 Å². The second-order valence-electron chi connectivity index (χ2n) is 12.1. The van der Waals surface area contributed by atoms with E-state index in [-0.39, 0.29) is 29.7 Å². The molecule has 2 aliphatic heterocycles. The monoisotopic (exact) mass is 658 g/mol. The number of rotatable bonds is 11. The molecule has 2 aliphatic rings. The highest BCUT2D eigenvalue weighted by molar-refractivity contribution is 6.06. The largest absolute Gasteiger partial charge is 0.351 e. The lowest BCUT2D eigenvalue weighted by Crippen LogP contribution is -2.54. The van der Waals surface area contributed by atoms with Crippen molar-refractivity contribution in [3.8, 4) is 0 Å². The molecule has 2 unspecified atom stereocenters. The summed E-state index contributed by atoms with van der Waals surface area (Å²) in [4.78, 5) is 68.1. The maximum absolute atomic E-state index is 14.6. The molecular formula is C39H42N6O4. The van der Waals surface area contributed by atoms with E-state index in [0.717, 1.165) is 11.1 Å². The number of allylic oxidation sites excluding steroid dienone is 2. The Kier molecular flexibility index (Phi) is 11.6. The summed E-state index contributed by atoms with van der Waals surface area (Å²) < 4.78 is 0. The Labute approximate surface area is 287 Å². The molecule has 3 heterocycles. The molecule has 5 rings (SSSR count). The number of amides is 4. The van der Waals surface area contributed by atoms with Gasteiger partial charge < -0.3 is 15.1 Å². The van der Waals surface area contributed by atoms with Crippen molar-refractivity contribution in [3.63, 3.8) is 0 Å². The molecule has 10 heteroatoms. The Balaban J connectivity index is 1.46. The summed E-state index contributed by atoms with van der Waals surface area (Å²) in [6.45, 7) is 10.6. The predicted molar refractivity (Wildman–Crippen MR) is 192 cm³/mol. The number of aromatic nitrogens is 1. The molecule has 0 radical (unpaired) electrons. The first-order chi connectivity index (χ1) is 23.8. The van der Waals surface area contributed by atoms with E-state index in [2.05, 4.69) is 28.5 Å². The fraction of sp³-hybridized carbons (Fsp3) is 0.282. The molecule has 0 saturated carbocycles. The van der Waals surface area contributed by atoms with Crippen LogP contribution in [0, 0.1) is 0 Å². The van der Waals surface area contributed by atoms with E-state index in [9.17, 15) is 19.2 Å². The number of nitrogens with zero attached hydrogens (tertiary/aromatic N) is 5. The predicted octanol–water partition coefficient (Wildman–Crippen LogP) is 5.37. The number of benzene rings is 2. The summed E-state index contributed by atoms with van der Waals surface area (Å²) in [6, 6.07) is 18.0. The van der Waals surface area contributed by atoms with Crippen LogP contribution in [-0.2, 0) is 14.4 Å². The SMILES string of the molecule is C=CN=C/C=C(\C)c1ccc(N(C(=O)C2CCCN2C(=O)C=C)C(C(=O)NC2CCN(C(=O)c3ccccc3)CC2)c2cccnc2)cc1. The Bertz CT molecular complexity index is 1710. The maximum atomic E-state index is 14.6. The summed E-state index contributed by atoms with van der Waals surface area (Å²) in [6.07, 6.45) is 11.7. The molecule has 3 aromatic rings. The van der Waals surface area contributed by atoms with Crippen LogP contribution < -0.4 is 10.2 Å². The maximum Gasteiger partial charge on any atom is 0.253 e. The quantitative estimate of drug-likeness (QED) is 0.220. The van der Waals surface area contributed by atoms with E-state index < -0.39 is 12.1 Å². The second-order valence-corrected chi connectivity index (χ2v) is 12.1. The van der Waals surface area contributed by atoms with Crippen molar-refractivity contribution in [2.24, 2.45) is 4.99 Å². The fourth-order valence-electron chi connectivity index (χ4n) is 6.39. The number of anilines is 1.